The van der Waals surface area contributed by atoms with Gasteiger partial charge in [0.1, 0.15) is 4.90 Å². The van der Waals surface area contributed by atoms with E-state index in [0.717, 1.165) is 9.87 Å². The van der Waals surface area contributed by atoms with Crippen LogP contribution >= 0.6 is 23.2 Å². The molecule has 0 aliphatic carbocycles. The van der Waals surface area contributed by atoms with E-state index in [1.807, 2.05) is 12.1 Å². The van der Waals surface area contributed by atoms with Crippen LogP contribution in [-0.4, -0.2) is 31.7 Å². The number of carbonyl (C=O) groups is 1. The van der Waals surface area contributed by atoms with Crippen molar-refractivity contribution < 1.29 is 13.2 Å². The second kappa shape index (κ2) is 9.06. The molecule has 0 fully saturated rings. The summed E-state index contributed by atoms with van der Waals surface area (Å²) in [5.41, 5.74) is 1.76. The van der Waals surface area contributed by atoms with E-state index in [0.29, 0.717) is 11.6 Å². The highest BCUT2D eigenvalue weighted by molar-refractivity contribution is 7.89. The maximum Gasteiger partial charge on any atom is 0.245 e. The summed E-state index contributed by atoms with van der Waals surface area (Å²) in [6, 6.07) is 11.7. The Hall–Kier alpha value is -1.60. The molecule has 27 heavy (non-hydrogen) atoms. The summed E-state index contributed by atoms with van der Waals surface area (Å²) < 4.78 is 26.8. The highest BCUT2D eigenvalue weighted by Crippen LogP contribution is 2.27. The monoisotopic (exact) mass is 428 g/mol. The van der Waals surface area contributed by atoms with Crippen LogP contribution < -0.4 is 5.32 Å². The van der Waals surface area contributed by atoms with Crippen LogP contribution in [0.5, 0.6) is 0 Å². The van der Waals surface area contributed by atoms with Gasteiger partial charge in [0.05, 0.1) is 11.6 Å². The van der Waals surface area contributed by atoms with Gasteiger partial charge in [0.25, 0.3) is 0 Å². The van der Waals surface area contributed by atoms with E-state index in [4.69, 9.17) is 23.2 Å². The molecule has 1 N–H and O–H groups in total. The van der Waals surface area contributed by atoms with Gasteiger partial charge >= 0.3 is 0 Å². The first kappa shape index (κ1) is 21.7. The van der Waals surface area contributed by atoms with Gasteiger partial charge in [-0.15, -0.1) is 0 Å². The van der Waals surface area contributed by atoms with Gasteiger partial charge in [-0.1, -0.05) is 56.1 Å². The number of rotatable bonds is 7. The predicted molar refractivity (Wildman–Crippen MR) is 110 cm³/mol. The molecular weight excluding hydrogens is 407 g/mol. The molecule has 0 bridgehead atoms. The van der Waals surface area contributed by atoms with Gasteiger partial charge in [-0.2, -0.15) is 4.31 Å². The molecule has 0 spiro atoms. The number of benzene rings is 2. The standard InChI is InChI=1S/C19H22Cl2N2O3S/c1-4-23(27(25,26)18-11-15(20)7-10-17(18)21)12-19(24)22-16-8-5-14(6-9-16)13(2)3/h5-11,13H,4,12H2,1-3H3,(H,22,24). The second-order valence-electron chi connectivity index (χ2n) is 6.33. The Balaban J connectivity index is 2.15. The molecule has 1 amide bonds. The lowest BCUT2D eigenvalue weighted by molar-refractivity contribution is -0.116. The molecule has 2 aromatic carbocycles. The fourth-order valence-electron chi connectivity index (χ4n) is 2.49. The highest BCUT2D eigenvalue weighted by Gasteiger charge is 2.27. The normalized spacial score (nSPS) is 11.8. The summed E-state index contributed by atoms with van der Waals surface area (Å²) >= 11 is 11.9. The molecule has 0 aromatic heterocycles. The number of nitrogens with one attached hydrogen (secondary N) is 1. The molecule has 2 aromatic rings. The number of halogens is 2. The third-order valence-corrected chi connectivity index (χ3v) is 6.68. The zero-order chi connectivity index (χ0) is 20.2. The van der Waals surface area contributed by atoms with Crippen molar-refractivity contribution in [1.82, 2.24) is 4.31 Å². The SMILES string of the molecule is CCN(CC(=O)Nc1ccc(C(C)C)cc1)S(=O)(=O)c1cc(Cl)ccc1Cl. The summed E-state index contributed by atoms with van der Waals surface area (Å²) in [7, 11) is -3.95. The Morgan fingerprint density at radius 1 is 1.11 bits per heavy atom. The first-order chi connectivity index (χ1) is 12.6. The van der Waals surface area contributed by atoms with Crippen molar-refractivity contribution in [3.05, 3.63) is 58.1 Å². The number of carbonyl (C=O) groups excluding carboxylic acids is 1. The van der Waals surface area contributed by atoms with E-state index in [9.17, 15) is 13.2 Å². The fraction of sp³-hybridized carbons (Fsp3) is 0.316. The second-order valence-corrected chi connectivity index (χ2v) is 9.08. The maximum atomic E-state index is 12.8. The van der Waals surface area contributed by atoms with Crippen molar-refractivity contribution in [3.63, 3.8) is 0 Å². The van der Waals surface area contributed by atoms with E-state index < -0.39 is 15.9 Å². The van der Waals surface area contributed by atoms with Crippen LogP contribution in [0.1, 0.15) is 32.3 Å². The molecule has 2 rings (SSSR count). The van der Waals surface area contributed by atoms with Gasteiger partial charge in [-0.25, -0.2) is 8.42 Å². The van der Waals surface area contributed by atoms with E-state index in [1.54, 1.807) is 19.1 Å². The quantitative estimate of drug-likeness (QED) is 0.690. The molecule has 0 aliphatic rings. The number of sulfonamides is 1. The minimum atomic E-state index is -3.95. The number of anilines is 1. The van der Waals surface area contributed by atoms with Crippen LogP contribution in [0, 0.1) is 0 Å². The third kappa shape index (κ3) is 5.45. The summed E-state index contributed by atoms with van der Waals surface area (Å²) in [6.07, 6.45) is 0. The number of nitrogens with zero attached hydrogens (tertiary/aromatic N) is 1. The summed E-state index contributed by atoms with van der Waals surface area (Å²) in [6.45, 7) is 5.61. The zero-order valence-corrected chi connectivity index (χ0v) is 17.7. The average Bonchev–Trinajstić information content (AvgIpc) is 2.61. The fourth-order valence-corrected chi connectivity index (χ4v) is 4.64. The van der Waals surface area contributed by atoms with Crippen LogP contribution in [0.4, 0.5) is 5.69 Å². The van der Waals surface area contributed by atoms with Crippen LogP contribution in [0.2, 0.25) is 10.0 Å². The molecule has 0 saturated heterocycles. The van der Waals surface area contributed by atoms with Crippen LogP contribution in [0.25, 0.3) is 0 Å². The number of amides is 1. The molecule has 0 aliphatic heterocycles. The van der Waals surface area contributed by atoms with Gasteiger partial charge in [0, 0.05) is 17.3 Å². The molecule has 0 unspecified atom stereocenters. The van der Waals surface area contributed by atoms with Crippen molar-refractivity contribution in [1.29, 1.82) is 0 Å². The van der Waals surface area contributed by atoms with Gasteiger partial charge in [0.2, 0.25) is 15.9 Å². The molecular formula is C19H22Cl2N2O3S. The third-order valence-electron chi connectivity index (χ3n) is 4.04. The summed E-state index contributed by atoms with van der Waals surface area (Å²) in [5.74, 6) is -0.0474. The minimum Gasteiger partial charge on any atom is -0.325 e. The molecule has 146 valence electrons. The number of likely N-dealkylation sites (N-methyl/N-ethyl adjacent to an activating group) is 1. The van der Waals surface area contributed by atoms with Gasteiger partial charge in [0.15, 0.2) is 0 Å². The Morgan fingerprint density at radius 2 is 1.74 bits per heavy atom. The molecule has 0 atom stereocenters. The average molecular weight is 429 g/mol. The molecule has 8 heteroatoms. The van der Waals surface area contributed by atoms with E-state index in [-0.39, 0.29) is 28.0 Å². The smallest absolute Gasteiger partial charge is 0.245 e. The van der Waals surface area contributed by atoms with Crippen molar-refractivity contribution in [2.75, 3.05) is 18.4 Å². The largest absolute Gasteiger partial charge is 0.325 e. The lowest BCUT2D eigenvalue weighted by Crippen LogP contribution is -2.38. The van der Waals surface area contributed by atoms with E-state index in [1.165, 1.54) is 18.2 Å². The van der Waals surface area contributed by atoms with Crippen molar-refractivity contribution in [3.8, 4) is 0 Å². The minimum absolute atomic E-state index is 0.0579. The predicted octanol–water partition coefficient (Wildman–Crippen LogP) is 4.77. The Kier molecular flexibility index (Phi) is 7.28. The highest BCUT2D eigenvalue weighted by atomic mass is 35.5. The van der Waals surface area contributed by atoms with Crippen LogP contribution in [-0.2, 0) is 14.8 Å². The molecule has 5 nitrogen and oxygen atoms in total. The number of hydrogen-bond donors (Lipinski definition) is 1. The first-order valence-electron chi connectivity index (χ1n) is 8.50. The lowest BCUT2D eigenvalue weighted by atomic mass is 10.0. The van der Waals surface area contributed by atoms with Gasteiger partial charge < -0.3 is 5.32 Å². The molecule has 0 heterocycles. The number of hydrogen-bond acceptors (Lipinski definition) is 3. The summed E-state index contributed by atoms with van der Waals surface area (Å²) in [5, 5.41) is 3.03. The van der Waals surface area contributed by atoms with Crippen molar-refractivity contribution in [2.45, 2.75) is 31.6 Å². The zero-order valence-electron chi connectivity index (χ0n) is 15.4. The summed E-state index contributed by atoms with van der Waals surface area (Å²) in [4.78, 5) is 12.2. The molecule has 0 saturated carbocycles. The first-order valence-corrected chi connectivity index (χ1v) is 10.7. The van der Waals surface area contributed by atoms with Crippen LogP contribution in [0.3, 0.4) is 0 Å². The Morgan fingerprint density at radius 3 is 2.30 bits per heavy atom. The van der Waals surface area contributed by atoms with Gasteiger partial charge in [-0.3, -0.25) is 4.79 Å². The topological polar surface area (TPSA) is 66.5 Å². The van der Waals surface area contributed by atoms with Crippen molar-refractivity contribution in [2.24, 2.45) is 0 Å². The van der Waals surface area contributed by atoms with Gasteiger partial charge in [-0.05, 0) is 41.8 Å². The Bertz CT molecular complexity index is 913. The van der Waals surface area contributed by atoms with E-state index in [2.05, 4.69) is 19.2 Å². The van der Waals surface area contributed by atoms with Crippen LogP contribution in [0.15, 0.2) is 47.4 Å². The van der Waals surface area contributed by atoms with Crippen molar-refractivity contribution >= 4 is 44.8 Å². The lowest BCUT2D eigenvalue weighted by Gasteiger charge is -2.21. The Labute approximate surface area is 170 Å². The van der Waals surface area contributed by atoms with E-state index >= 15 is 0 Å². The maximum absolute atomic E-state index is 12.8. The molecule has 0 radical (unpaired) electrons.